The van der Waals surface area contributed by atoms with Crippen LogP contribution in [0.15, 0.2) is 42.6 Å². The molecule has 0 atom stereocenters. The van der Waals surface area contributed by atoms with Crippen molar-refractivity contribution in [2.75, 3.05) is 32.2 Å². The van der Waals surface area contributed by atoms with Gasteiger partial charge in [0.1, 0.15) is 18.1 Å². The Morgan fingerprint density at radius 2 is 1.91 bits per heavy atom. The van der Waals surface area contributed by atoms with E-state index < -0.39 is 4.92 Å². The maximum atomic E-state index is 11.0. The van der Waals surface area contributed by atoms with Crippen molar-refractivity contribution >= 4 is 11.5 Å². The Morgan fingerprint density at radius 3 is 2.55 bits per heavy atom. The molecule has 2 aromatic rings. The second-order valence-corrected chi connectivity index (χ2v) is 4.55. The standard InChI is InChI=1S/C15H17N3O4/c1-17(15-14(18(19)20)4-3-9-16-15)10-11-22-13-7-5-12(21-2)6-8-13/h3-9H,10-11H2,1-2H3. The van der Waals surface area contributed by atoms with Crippen LogP contribution >= 0.6 is 0 Å². The highest BCUT2D eigenvalue weighted by molar-refractivity contribution is 5.56. The van der Waals surface area contributed by atoms with Gasteiger partial charge in [0.05, 0.1) is 18.6 Å². The maximum Gasteiger partial charge on any atom is 0.311 e. The van der Waals surface area contributed by atoms with Crippen LogP contribution in [0.2, 0.25) is 0 Å². The average molecular weight is 303 g/mol. The summed E-state index contributed by atoms with van der Waals surface area (Å²) in [5.74, 6) is 1.80. The molecule has 1 aromatic carbocycles. The molecule has 0 unspecified atom stereocenters. The first-order chi connectivity index (χ1) is 10.6. The van der Waals surface area contributed by atoms with Crippen LogP contribution in [0.5, 0.6) is 11.5 Å². The van der Waals surface area contributed by atoms with Crippen LogP contribution in [-0.2, 0) is 0 Å². The summed E-state index contributed by atoms with van der Waals surface area (Å²) < 4.78 is 10.7. The van der Waals surface area contributed by atoms with Gasteiger partial charge in [0, 0.05) is 19.3 Å². The molecule has 1 aromatic heterocycles. The van der Waals surface area contributed by atoms with E-state index in [1.807, 2.05) is 24.3 Å². The second kappa shape index (κ2) is 7.26. The molecule has 2 rings (SSSR count). The van der Waals surface area contributed by atoms with Crippen molar-refractivity contribution in [2.45, 2.75) is 0 Å². The number of benzene rings is 1. The van der Waals surface area contributed by atoms with E-state index >= 15 is 0 Å². The summed E-state index contributed by atoms with van der Waals surface area (Å²) >= 11 is 0. The minimum absolute atomic E-state index is 0.0190. The minimum atomic E-state index is -0.441. The third-order valence-electron chi connectivity index (χ3n) is 3.08. The predicted octanol–water partition coefficient (Wildman–Crippen LogP) is 2.51. The number of hydrogen-bond acceptors (Lipinski definition) is 6. The van der Waals surface area contributed by atoms with Gasteiger partial charge in [-0.3, -0.25) is 10.1 Å². The van der Waals surface area contributed by atoms with Crippen molar-refractivity contribution in [3.63, 3.8) is 0 Å². The van der Waals surface area contributed by atoms with Crippen molar-refractivity contribution < 1.29 is 14.4 Å². The molecule has 0 N–H and O–H groups in total. The number of ether oxygens (including phenoxy) is 2. The number of methoxy groups -OCH3 is 1. The number of nitrogens with zero attached hydrogens (tertiary/aromatic N) is 3. The van der Waals surface area contributed by atoms with E-state index in [-0.39, 0.29) is 5.69 Å². The lowest BCUT2D eigenvalue weighted by Gasteiger charge is -2.18. The molecule has 0 aliphatic rings. The van der Waals surface area contributed by atoms with E-state index in [1.165, 1.54) is 12.3 Å². The number of anilines is 1. The number of likely N-dealkylation sites (N-methyl/N-ethyl adjacent to an activating group) is 1. The normalized spacial score (nSPS) is 10.1. The molecule has 116 valence electrons. The summed E-state index contributed by atoms with van der Waals surface area (Å²) in [6.45, 7) is 0.862. The Hall–Kier alpha value is -2.83. The first-order valence-corrected chi connectivity index (χ1v) is 6.69. The van der Waals surface area contributed by atoms with Gasteiger partial charge >= 0.3 is 5.69 Å². The maximum absolute atomic E-state index is 11.0. The highest BCUT2D eigenvalue weighted by Gasteiger charge is 2.17. The largest absolute Gasteiger partial charge is 0.497 e. The van der Waals surface area contributed by atoms with Crippen molar-refractivity contribution in [3.05, 3.63) is 52.7 Å². The van der Waals surface area contributed by atoms with Crippen molar-refractivity contribution in [1.29, 1.82) is 0 Å². The quantitative estimate of drug-likeness (QED) is 0.577. The van der Waals surface area contributed by atoms with Crippen LogP contribution in [0.1, 0.15) is 0 Å². The first-order valence-electron chi connectivity index (χ1n) is 6.69. The number of pyridine rings is 1. The van der Waals surface area contributed by atoms with Gasteiger partial charge in [0.2, 0.25) is 5.82 Å². The average Bonchev–Trinajstić information content (AvgIpc) is 2.55. The van der Waals surface area contributed by atoms with E-state index in [0.717, 1.165) is 5.75 Å². The molecule has 0 bridgehead atoms. The summed E-state index contributed by atoms with van der Waals surface area (Å²) in [5.41, 5.74) is -0.0190. The van der Waals surface area contributed by atoms with Gasteiger partial charge in [-0.25, -0.2) is 4.98 Å². The SMILES string of the molecule is COc1ccc(OCCN(C)c2ncccc2[N+](=O)[O-])cc1. The van der Waals surface area contributed by atoms with Gasteiger partial charge in [-0.1, -0.05) is 0 Å². The van der Waals surface area contributed by atoms with Crippen LogP contribution in [0.4, 0.5) is 11.5 Å². The molecule has 0 amide bonds. The lowest BCUT2D eigenvalue weighted by molar-refractivity contribution is -0.384. The number of hydrogen-bond donors (Lipinski definition) is 0. The van der Waals surface area contributed by atoms with Crippen LogP contribution in [-0.4, -0.2) is 37.2 Å². The zero-order valence-corrected chi connectivity index (χ0v) is 12.4. The monoisotopic (exact) mass is 303 g/mol. The molecule has 0 fully saturated rings. The minimum Gasteiger partial charge on any atom is -0.497 e. The van der Waals surface area contributed by atoms with Crippen molar-refractivity contribution in [2.24, 2.45) is 0 Å². The summed E-state index contributed by atoms with van der Waals surface area (Å²) in [6.07, 6.45) is 1.53. The van der Waals surface area contributed by atoms with Gasteiger partial charge in [-0.2, -0.15) is 0 Å². The fraction of sp³-hybridized carbons (Fsp3) is 0.267. The van der Waals surface area contributed by atoms with Gasteiger partial charge in [-0.05, 0) is 30.3 Å². The number of rotatable bonds is 7. The molecule has 0 saturated heterocycles. The predicted molar refractivity (Wildman–Crippen MR) is 82.7 cm³/mol. The summed E-state index contributed by atoms with van der Waals surface area (Å²) in [6, 6.07) is 10.2. The summed E-state index contributed by atoms with van der Waals surface area (Å²) in [7, 11) is 3.34. The van der Waals surface area contributed by atoms with E-state index in [0.29, 0.717) is 24.7 Å². The third kappa shape index (κ3) is 3.85. The Kier molecular flexibility index (Phi) is 5.13. The summed E-state index contributed by atoms with van der Waals surface area (Å²) in [5, 5.41) is 11.0. The molecule has 0 spiro atoms. The van der Waals surface area contributed by atoms with Gasteiger partial charge in [0.25, 0.3) is 0 Å². The Bertz CT molecular complexity index is 631. The van der Waals surface area contributed by atoms with Crippen LogP contribution in [0.25, 0.3) is 0 Å². The Morgan fingerprint density at radius 1 is 1.23 bits per heavy atom. The number of nitro groups is 1. The highest BCUT2D eigenvalue weighted by atomic mass is 16.6. The topological polar surface area (TPSA) is 77.7 Å². The van der Waals surface area contributed by atoms with E-state index in [9.17, 15) is 10.1 Å². The highest BCUT2D eigenvalue weighted by Crippen LogP contribution is 2.23. The molecule has 0 aliphatic carbocycles. The molecule has 0 radical (unpaired) electrons. The van der Waals surface area contributed by atoms with Gasteiger partial charge in [0.15, 0.2) is 0 Å². The van der Waals surface area contributed by atoms with Crippen LogP contribution < -0.4 is 14.4 Å². The molecule has 22 heavy (non-hydrogen) atoms. The molecule has 7 nitrogen and oxygen atoms in total. The fourth-order valence-electron chi connectivity index (χ4n) is 1.90. The van der Waals surface area contributed by atoms with E-state index in [1.54, 1.807) is 25.1 Å². The zero-order valence-electron chi connectivity index (χ0n) is 12.4. The smallest absolute Gasteiger partial charge is 0.311 e. The van der Waals surface area contributed by atoms with Crippen molar-refractivity contribution in [3.8, 4) is 11.5 Å². The molecular formula is C15H17N3O4. The Balaban J connectivity index is 1.92. The molecule has 0 saturated carbocycles. The lowest BCUT2D eigenvalue weighted by atomic mass is 10.3. The van der Waals surface area contributed by atoms with E-state index in [4.69, 9.17) is 9.47 Å². The molecule has 7 heteroatoms. The van der Waals surface area contributed by atoms with Crippen LogP contribution in [0, 0.1) is 10.1 Å². The zero-order chi connectivity index (χ0) is 15.9. The summed E-state index contributed by atoms with van der Waals surface area (Å²) in [4.78, 5) is 16.3. The first kappa shape index (κ1) is 15.6. The molecule has 0 aliphatic heterocycles. The Labute approximate surface area is 128 Å². The lowest BCUT2D eigenvalue weighted by Crippen LogP contribution is -2.25. The number of aromatic nitrogens is 1. The second-order valence-electron chi connectivity index (χ2n) is 4.55. The third-order valence-corrected chi connectivity index (χ3v) is 3.08. The van der Waals surface area contributed by atoms with Crippen molar-refractivity contribution in [1.82, 2.24) is 4.98 Å². The van der Waals surface area contributed by atoms with E-state index in [2.05, 4.69) is 4.98 Å². The van der Waals surface area contributed by atoms with Gasteiger partial charge < -0.3 is 14.4 Å². The van der Waals surface area contributed by atoms with Gasteiger partial charge in [-0.15, -0.1) is 0 Å². The molecule has 1 heterocycles. The van der Waals surface area contributed by atoms with Crippen LogP contribution in [0.3, 0.4) is 0 Å². The fourth-order valence-corrected chi connectivity index (χ4v) is 1.90. The molecular weight excluding hydrogens is 286 g/mol.